The van der Waals surface area contributed by atoms with Gasteiger partial charge in [-0.05, 0) is 38.5 Å². The second kappa shape index (κ2) is 3.84. The van der Waals surface area contributed by atoms with Crippen molar-refractivity contribution in [3.05, 3.63) is 41.6 Å². The molecule has 0 aliphatic carbocycles. The molecule has 1 N–H and O–H groups in total. The Hall–Kier alpha value is -1.90. The second-order valence-electron chi connectivity index (χ2n) is 4.78. The van der Waals surface area contributed by atoms with Gasteiger partial charge in [0.2, 0.25) is 0 Å². The Kier molecular flexibility index (Phi) is 2.62. The summed E-state index contributed by atoms with van der Waals surface area (Å²) in [4.78, 5) is 15.8. The van der Waals surface area contributed by atoms with Gasteiger partial charge in [-0.2, -0.15) is 0 Å². The number of rotatable bonds is 2. The van der Waals surface area contributed by atoms with Gasteiger partial charge in [0, 0.05) is 5.39 Å². The van der Waals surface area contributed by atoms with Crippen molar-refractivity contribution < 1.29 is 9.90 Å². The topological polar surface area (TPSA) is 50.2 Å². The zero-order valence-electron chi connectivity index (χ0n) is 10.2. The third-order valence-electron chi connectivity index (χ3n) is 3.04. The molecule has 17 heavy (non-hydrogen) atoms. The first-order valence-electron chi connectivity index (χ1n) is 5.53. The van der Waals surface area contributed by atoms with Gasteiger partial charge in [0.1, 0.15) is 5.41 Å². The highest BCUT2D eigenvalue weighted by Crippen LogP contribution is 2.27. The van der Waals surface area contributed by atoms with Crippen LogP contribution in [0.2, 0.25) is 0 Å². The maximum absolute atomic E-state index is 11.3. The SMILES string of the molecule is Cc1cc2ccccc2nc1C(C)(C)C(=O)O. The summed E-state index contributed by atoms with van der Waals surface area (Å²) in [5.41, 5.74) is 1.41. The molecule has 2 aromatic rings. The van der Waals surface area contributed by atoms with E-state index in [0.29, 0.717) is 5.69 Å². The quantitative estimate of drug-likeness (QED) is 0.861. The van der Waals surface area contributed by atoms with E-state index in [0.717, 1.165) is 16.5 Å². The summed E-state index contributed by atoms with van der Waals surface area (Å²) in [5, 5.41) is 10.3. The number of pyridine rings is 1. The van der Waals surface area contributed by atoms with E-state index < -0.39 is 11.4 Å². The predicted octanol–water partition coefficient (Wildman–Crippen LogP) is 2.91. The van der Waals surface area contributed by atoms with E-state index in [1.807, 2.05) is 37.3 Å². The van der Waals surface area contributed by atoms with Crippen LogP contribution in [0.25, 0.3) is 10.9 Å². The van der Waals surface area contributed by atoms with Crippen LogP contribution in [0.1, 0.15) is 25.1 Å². The molecular weight excluding hydrogens is 214 g/mol. The Labute approximate surface area is 100 Å². The van der Waals surface area contributed by atoms with Crippen LogP contribution in [0.3, 0.4) is 0 Å². The number of fused-ring (bicyclic) bond motifs is 1. The minimum atomic E-state index is -0.964. The smallest absolute Gasteiger partial charge is 0.315 e. The van der Waals surface area contributed by atoms with Gasteiger partial charge >= 0.3 is 5.97 Å². The summed E-state index contributed by atoms with van der Waals surface area (Å²) in [5.74, 6) is -0.858. The number of aryl methyl sites for hydroxylation is 1. The summed E-state index contributed by atoms with van der Waals surface area (Å²) >= 11 is 0. The van der Waals surface area contributed by atoms with Gasteiger partial charge in [0.25, 0.3) is 0 Å². The van der Waals surface area contributed by atoms with Crippen LogP contribution in [0.4, 0.5) is 0 Å². The Morgan fingerprint density at radius 1 is 1.29 bits per heavy atom. The first-order chi connectivity index (χ1) is 7.93. The molecule has 0 saturated carbocycles. The molecule has 0 amide bonds. The van der Waals surface area contributed by atoms with Gasteiger partial charge in [-0.15, -0.1) is 0 Å². The number of aromatic nitrogens is 1. The lowest BCUT2D eigenvalue weighted by Gasteiger charge is -2.21. The van der Waals surface area contributed by atoms with Crippen LogP contribution in [0, 0.1) is 6.92 Å². The lowest BCUT2D eigenvalue weighted by Crippen LogP contribution is -2.30. The molecule has 0 atom stereocenters. The summed E-state index contributed by atoms with van der Waals surface area (Å²) in [7, 11) is 0. The predicted molar refractivity (Wildman–Crippen MR) is 67.1 cm³/mol. The molecule has 0 aliphatic heterocycles. The standard InChI is InChI=1S/C14H15NO2/c1-9-8-10-6-4-5-7-11(10)15-12(9)14(2,3)13(16)17/h4-8H,1-3H3,(H,16,17). The third-order valence-corrected chi connectivity index (χ3v) is 3.04. The van der Waals surface area contributed by atoms with Crippen LogP contribution < -0.4 is 0 Å². The molecule has 3 nitrogen and oxygen atoms in total. The van der Waals surface area contributed by atoms with Crippen molar-refractivity contribution in [2.45, 2.75) is 26.2 Å². The van der Waals surface area contributed by atoms with Crippen molar-refractivity contribution in [3.63, 3.8) is 0 Å². The van der Waals surface area contributed by atoms with Gasteiger partial charge < -0.3 is 5.11 Å². The lowest BCUT2D eigenvalue weighted by molar-refractivity contribution is -0.142. The normalized spacial score (nSPS) is 11.7. The van der Waals surface area contributed by atoms with E-state index in [9.17, 15) is 9.90 Å². The van der Waals surface area contributed by atoms with Crippen molar-refractivity contribution in [2.24, 2.45) is 0 Å². The van der Waals surface area contributed by atoms with Crippen molar-refractivity contribution in [3.8, 4) is 0 Å². The van der Waals surface area contributed by atoms with Crippen molar-refractivity contribution >= 4 is 16.9 Å². The van der Waals surface area contributed by atoms with Crippen molar-refractivity contribution in [1.82, 2.24) is 4.98 Å². The monoisotopic (exact) mass is 229 g/mol. The number of carboxylic acid groups (broad SMARTS) is 1. The molecule has 0 aliphatic rings. The average Bonchev–Trinajstić information content (AvgIpc) is 2.27. The molecule has 88 valence electrons. The number of aliphatic carboxylic acids is 1. The Bertz CT molecular complexity index is 588. The van der Waals surface area contributed by atoms with Crippen LogP contribution in [0.15, 0.2) is 30.3 Å². The average molecular weight is 229 g/mol. The number of carbonyl (C=O) groups is 1. The Morgan fingerprint density at radius 2 is 1.94 bits per heavy atom. The highest BCUT2D eigenvalue weighted by atomic mass is 16.4. The van der Waals surface area contributed by atoms with Crippen LogP contribution >= 0.6 is 0 Å². The van der Waals surface area contributed by atoms with E-state index >= 15 is 0 Å². The third kappa shape index (κ3) is 1.88. The van der Waals surface area contributed by atoms with E-state index in [1.54, 1.807) is 13.8 Å². The summed E-state index contributed by atoms with van der Waals surface area (Å²) < 4.78 is 0. The minimum absolute atomic E-state index is 0.628. The van der Waals surface area contributed by atoms with Gasteiger partial charge in [-0.3, -0.25) is 9.78 Å². The second-order valence-corrected chi connectivity index (χ2v) is 4.78. The molecule has 0 spiro atoms. The van der Waals surface area contributed by atoms with Gasteiger partial charge in [0.05, 0.1) is 11.2 Å². The Balaban J connectivity index is 2.70. The van der Waals surface area contributed by atoms with E-state index in [4.69, 9.17) is 0 Å². The fourth-order valence-corrected chi connectivity index (χ4v) is 1.96. The zero-order valence-corrected chi connectivity index (χ0v) is 10.2. The summed E-state index contributed by atoms with van der Waals surface area (Å²) in [6.45, 7) is 5.26. The van der Waals surface area contributed by atoms with Crippen molar-refractivity contribution in [2.75, 3.05) is 0 Å². The van der Waals surface area contributed by atoms with Crippen molar-refractivity contribution in [1.29, 1.82) is 0 Å². The lowest BCUT2D eigenvalue weighted by atomic mass is 9.86. The number of para-hydroxylation sites is 1. The van der Waals surface area contributed by atoms with Crippen LogP contribution in [-0.4, -0.2) is 16.1 Å². The number of hydrogen-bond donors (Lipinski definition) is 1. The number of hydrogen-bond acceptors (Lipinski definition) is 2. The zero-order chi connectivity index (χ0) is 12.6. The number of nitrogens with zero attached hydrogens (tertiary/aromatic N) is 1. The molecule has 1 heterocycles. The minimum Gasteiger partial charge on any atom is -0.481 e. The first kappa shape index (κ1) is 11.6. The first-order valence-corrected chi connectivity index (χ1v) is 5.53. The molecule has 3 heteroatoms. The molecule has 0 bridgehead atoms. The molecule has 0 saturated heterocycles. The molecule has 2 rings (SSSR count). The molecular formula is C14H15NO2. The number of benzene rings is 1. The number of carboxylic acids is 1. The maximum atomic E-state index is 11.3. The summed E-state index contributed by atoms with van der Waals surface area (Å²) in [6, 6.07) is 9.72. The molecule has 1 aromatic heterocycles. The molecule has 0 radical (unpaired) electrons. The van der Waals surface area contributed by atoms with E-state index in [2.05, 4.69) is 4.98 Å². The maximum Gasteiger partial charge on any atom is 0.315 e. The van der Waals surface area contributed by atoms with Gasteiger partial charge in [-0.25, -0.2) is 0 Å². The largest absolute Gasteiger partial charge is 0.481 e. The van der Waals surface area contributed by atoms with E-state index in [-0.39, 0.29) is 0 Å². The van der Waals surface area contributed by atoms with Gasteiger partial charge in [0.15, 0.2) is 0 Å². The Morgan fingerprint density at radius 3 is 2.59 bits per heavy atom. The summed E-state index contributed by atoms with van der Waals surface area (Å²) in [6.07, 6.45) is 0. The molecule has 1 aromatic carbocycles. The highest BCUT2D eigenvalue weighted by molar-refractivity contribution is 5.84. The van der Waals surface area contributed by atoms with Crippen LogP contribution in [0.5, 0.6) is 0 Å². The van der Waals surface area contributed by atoms with E-state index in [1.165, 1.54) is 0 Å². The highest BCUT2D eigenvalue weighted by Gasteiger charge is 2.32. The molecule has 0 fully saturated rings. The van der Waals surface area contributed by atoms with Gasteiger partial charge in [-0.1, -0.05) is 18.2 Å². The van der Waals surface area contributed by atoms with Crippen LogP contribution in [-0.2, 0) is 10.2 Å². The molecule has 0 unspecified atom stereocenters. The fraction of sp³-hybridized carbons (Fsp3) is 0.286. The fourth-order valence-electron chi connectivity index (χ4n) is 1.96.